The smallest absolute Gasteiger partial charge is 0.134 e. The maximum atomic E-state index is 8.80. The van der Waals surface area contributed by atoms with E-state index in [4.69, 9.17) is 9.52 Å². The van der Waals surface area contributed by atoms with Gasteiger partial charge in [-0.05, 0) is 30.7 Å². The molecule has 0 aliphatic rings. The summed E-state index contributed by atoms with van der Waals surface area (Å²) in [5.41, 5.74) is 1.75. The predicted molar refractivity (Wildman–Crippen MR) is 46.6 cm³/mol. The number of benzene rings is 1. The van der Waals surface area contributed by atoms with Crippen LogP contribution in [0.5, 0.6) is 0 Å². The van der Waals surface area contributed by atoms with E-state index in [1.807, 2.05) is 24.3 Å². The van der Waals surface area contributed by atoms with Crippen LogP contribution in [0.3, 0.4) is 0 Å². The molecular weight excluding hydrogens is 152 g/mol. The highest BCUT2D eigenvalue weighted by atomic mass is 16.4. The van der Waals surface area contributed by atoms with Gasteiger partial charge in [0.25, 0.3) is 0 Å². The first-order valence-electron chi connectivity index (χ1n) is 3.75. The lowest BCUT2D eigenvalue weighted by atomic mass is 10.2. The van der Waals surface area contributed by atoms with Crippen LogP contribution in [0, 0.1) is 6.92 Å². The first kappa shape index (κ1) is 7.37. The monoisotopic (exact) mass is 161 g/mol. The van der Waals surface area contributed by atoms with Crippen molar-refractivity contribution < 1.29 is 9.52 Å². The number of hydrogen-bond donors (Lipinski definition) is 1. The minimum Gasteiger partial charge on any atom is -0.459 e. The summed E-state index contributed by atoms with van der Waals surface area (Å²) < 4.78 is 5.29. The lowest BCUT2D eigenvalue weighted by molar-refractivity contribution is 0.251. The molecule has 2 rings (SSSR count). The van der Waals surface area contributed by atoms with Gasteiger partial charge in [0.05, 0.1) is 0 Å². The Hall–Kier alpha value is -1.28. The largest absolute Gasteiger partial charge is 0.459 e. The van der Waals surface area contributed by atoms with Crippen molar-refractivity contribution in [3.05, 3.63) is 42.5 Å². The third kappa shape index (κ3) is 1.10. The molecule has 0 atom stereocenters. The van der Waals surface area contributed by atoms with E-state index < -0.39 is 0 Å². The van der Waals surface area contributed by atoms with E-state index in [0.717, 1.165) is 16.5 Å². The maximum absolute atomic E-state index is 8.80. The SMILES string of the molecule is [CH2]c1ccc2oc(CO)cc2c1. The second-order valence-electron chi connectivity index (χ2n) is 2.74. The molecule has 0 spiro atoms. The highest BCUT2D eigenvalue weighted by Gasteiger charge is 2.01. The standard InChI is InChI=1S/C10H9O2/c1-7-2-3-10-8(4-7)5-9(6-11)12-10/h2-5,11H,1,6H2. The van der Waals surface area contributed by atoms with Crippen molar-refractivity contribution in [3.8, 4) is 0 Å². The summed E-state index contributed by atoms with van der Waals surface area (Å²) in [5, 5.41) is 9.79. The number of furan rings is 1. The topological polar surface area (TPSA) is 33.4 Å². The summed E-state index contributed by atoms with van der Waals surface area (Å²) in [6, 6.07) is 7.49. The molecule has 12 heavy (non-hydrogen) atoms. The minimum atomic E-state index is -0.0544. The summed E-state index contributed by atoms with van der Waals surface area (Å²) in [4.78, 5) is 0. The lowest BCUT2D eigenvalue weighted by Crippen LogP contribution is -1.72. The van der Waals surface area contributed by atoms with Crippen LogP contribution in [0.25, 0.3) is 11.0 Å². The molecule has 0 bridgehead atoms. The third-order valence-electron chi connectivity index (χ3n) is 1.79. The molecule has 2 aromatic rings. The number of aliphatic hydroxyl groups is 1. The van der Waals surface area contributed by atoms with Gasteiger partial charge in [0.15, 0.2) is 0 Å². The number of hydrogen-bond acceptors (Lipinski definition) is 2. The molecular formula is C10H9O2. The predicted octanol–water partition coefficient (Wildman–Crippen LogP) is 2.11. The fraction of sp³-hybridized carbons (Fsp3) is 0.100. The van der Waals surface area contributed by atoms with Crippen LogP contribution in [-0.2, 0) is 6.61 Å². The van der Waals surface area contributed by atoms with Crippen molar-refractivity contribution in [2.24, 2.45) is 0 Å². The molecule has 2 nitrogen and oxygen atoms in total. The zero-order valence-corrected chi connectivity index (χ0v) is 6.58. The first-order chi connectivity index (χ1) is 5.79. The Bertz CT molecular complexity index is 401. The van der Waals surface area contributed by atoms with E-state index in [2.05, 4.69) is 6.92 Å². The van der Waals surface area contributed by atoms with Crippen LogP contribution in [-0.4, -0.2) is 5.11 Å². The highest BCUT2D eigenvalue weighted by Crippen LogP contribution is 2.20. The van der Waals surface area contributed by atoms with Crippen LogP contribution >= 0.6 is 0 Å². The molecule has 0 unspecified atom stereocenters. The molecule has 1 aromatic heterocycles. The summed E-state index contributed by atoms with van der Waals surface area (Å²) >= 11 is 0. The molecule has 1 heterocycles. The Labute approximate surface area is 70.4 Å². The van der Waals surface area contributed by atoms with Gasteiger partial charge in [-0.15, -0.1) is 0 Å². The van der Waals surface area contributed by atoms with Gasteiger partial charge in [-0.3, -0.25) is 0 Å². The normalized spacial score (nSPS) is 10.8. The molecule has 1 aromatic carbocycles. The Morgan fingerprint density at radius 2 is 2.17 bits per heavy atom. The van der Waals surface area contributed by atoms with Gasteiger partial charge in [-0.1, -0.05) is 6.07 Å². The number of aliphatic hydroxyl groups excluding tert-OH is 1. The van der Waals surface area contributed by atoms with Crippen LogP contribution in [0.15, 0.2) is 28.7 Å². The van der Waals surface area contributed by atoms with Gasteiger partial charge in [0, 0.05) is 5.39 Å². The molecule has 0 saturated carbocycles. The third-order valence-corrected chi connectivity index (χ3v) is 1.79. The summed E-state index contributed by atoms with van der Waals surface area (Å²) in [6.07, 6.45) is 0. The lowest BCUT2D eigenvalue weighted by Gasteiger charge is -1.89. The van der Waals surface area contributed by atoms with E-state index >= 15 is 0 Å². The highest BCUT2D eigenvalue weighted by molar-refractivity contribution is 5.78. The van der Waals surface area contributed by atoms with Crippen molar-refractivity contribution in [2.45, 2.75) is 6.61 Å². The van der Waals surface area contributed by atoms with Crippen LogP contribution < -0.4 is 0 Å². The van der Waals surface area contributed by atoms with E-state index in [9.17, 15) is 0 Å². The Balaban J connectivity index is 2.67. The average Bonchev–Trinajstić information content (AvgIpc) is 2.46. The maximum Gasteiger partial charge on any atom is 0.134 e. The van der Waals surface area contributed by atoms with E-state index in [1.165, 1.54) is 0 Å². The van der Waals surface area contributed by atoms with E-state index in [1.54, 1.807) is 0 Å². The Kier molecular flexibility index (Phi) is 1.62. The summed E-state index contributed by atoms with van der Waals surface area (Å²) in [7, 11) is 0. The summed E-state index contributed by atoms with van der Waals surface area (Å²) in [5.74, 6) is 0.593. The van der Waals surface area contributed by atoms with E-state index in [-0.39, 0.29) is 6.61 Å². The molecule has 61 valence electrons. The van der Waals surface area contributed by atoms with Crippen molar-refractivity contribution in [3.63, 3.8) is 0 Å². The van der Waals surface area contributed by atoms with Gasteiger partial charge < -0.3 is 9.52 Å². The minimum absolute atomic E-state index is 0.0544. The zero-order chi connectivity index (χ0) is 8.55. The van der Waals surface area contributed by atoms with Crippen molar-refractivity contribution in [1.29, 1.82) is 0 Å². The van der Waals surface area contributed by atoms with Gasteiger partial charge in [0.1, 0.15) is 18.0 Å². The molecule has 0 saturated heterocycles. The second-order valence-corrected chi connectivity index (χ2v) is 2.74. The fourth-order valence-corrected chi connectivity index (χ4v) is 1.23. The van der Waals surface area contributed by atoms with Crippen molar-refractivity contribution in [2.75, 3.05) is 0 Å². The molecule has 1 N–H and O–H groups in total. The summed E-state index contributed by atoms with van der Waals surface area (Å²) in [6.45, 7) is 3.75. The molecule has 0 amide bonds. The van der Waals surface area contributed by atoms with Crippen LogP contribution in [0.1, 0.15) is 11.3 Å². The molecule has 1 radical (unpaired) electrons. The fourth-order valence-electron chi connectivity index (χ4n) is 1.23. The van der Waals surface area contributed by atoms with Gasteiger partial charge >= 0.3 is 0 Å². The number of rotatable bonds is 1. The zero-order valence-electron chi connectivity index (χ0n) is 6.58. The Morgan fingerprint density at radius 3 is 2.92 bits per heavy atom. The molecule has 0 aliphatic heterocycles. The molecule has 0 aliphatic carbocycles. The van der Waals surface area contributed by atoms with Gasteiger partial charge in [0.2, 0.25) is 0 Å². The average molecular weight is 161 g/mol. The Morgan fingerprint density at radius 1 is 1.33 bits per heavy atom. The van der Waals surface area contributed by atoms with Crippen molar-refractivity contribution >= 4 is 11.0 Å². The first-order valence-corrected chi connectivity index (χ1v) is 3.75. The van der Waals surface area contributed by atoms with Gasteiger partial charge in [-0.2, -0.15) is 0 Å². The van der Waals surface area contributed by atoms with Crippen LogP contribution in [0.2, 0.25) is 0 Å². The van der Waals surface area contributed by atoms with Gasteiger partial charge in [-0.25, -0.2) is 0 Å². The van der Waals surface area contributed by atoms with Crippen LogP contribution in [0.4, 0.5) is 0 Å². The van der Waals surface area contributed by atoms with E-state index in [0.29, 0.717) is 5.76 Å². The quantitative estimate of drug-likeness (QED) is 0.694. The second kappa shape index (κ2) is 2.64. The molecule has 0 fully saturated rings. The number of fused-ring (bicyclic) bond motifs is 1. The molecule has 2 heteroatoms. The van der Waals surface area contributed by atoms with Crippen molar-refractivity contribution in [1.82, 2.24) is 0 Å².